The van der Waals surface area contributed by atoms with Crippen molar-refractivity contribution in [3.8, 4) is 0 Å². The molecule has 0 amide bonds. The molecule has 0 unspecified atom stereocenters. The normalized spacial score (nSPS) is 18.4. The van der Waals surface area contributed by atoms with Crippen molar-refractivity contribution in [3.63, 3.8) is 0 Å². The van der Waals surface area contributed by atoms with Crippen molar-refractivity contribution in [2.45, 2.75) is 70.3 Å². The second-order valence-electron chi connectivity index (χ2n) is 4.99. The molecule has 1 aliphatic rings. The molecule has 1 rings (SSSR count). The van der Waals surface area contributed by atoms with Gasteiger partial charge in [0.05, 0.1) is 6.61 Å². The zero-order valence-corrected chi connectivity index (χ0v) is 10.9. The van der Waals surface area contributed by atoms with Crippen LogP contribution in [0.4, 0.5) is 0 Å². The zero-order chi connectivity index (χ0) is 12.2. The van der Waals surface area contributed by atoms with Gasteiger partial charge in [0.25, 0.3) is 0 Å². The summed E-state index contributed by atoms with van der Waals surface area (Å²) in [6, 6.07) is 0.745. The largest absolute Gasteiger partial charge is 0.457 e. The third-order valence-electron chi connectivity index (χ3n) is 3.52. The van der Waals surface area contributed by atoms with Crippen molar-refractivity contribution in [2.75, 3.05) is 13.2 Å². The van der Waals surface area contributed by atoms with Crippen molar-refractivity contribution in [2.24, 2.45) is 0 Å². The Morgan fingerprint density at radius 3 is 2.41 bits per heavy atom. The quantitative estimate of drug-likeness (QED) is 0.663. The van der Waals surface area contributed by atoms with Crippen LogP contribution in [0, 0.1) is 0 Å². The van der Waals surface area contributed by atoms with E-state index in [2.05, 4.69) is 10.1 Å². The molecule has 0 bridgehead atoms. The van der Waals surface area contributed by atoms with Gasteiger partial charge in [0.2, 0.25) is 0 Å². The molecule has 1 fully saturated rings. The van der Waals surface area contributed by atoms with Crippen LogP contribution in [0.1, 0.15) is 64.2 Å². The number of carbonyl (C=O) groups excluding carboxylic acids is 1. The summed E-state index contributed by atoms with van der Waals surface area (Å²) in [5, 5.41) is 3.66. The van der Waals surface area contributed by atoms with Crippen molar-refractivity contribution >= 4 is 6.47 Å². The fraction of sp³-hybridized carbons (Fsp3) is 0.929. The molecule has 0 aliphatic heterocycles. The third-order valence-corrected chi connectivity index (χ3v) is 3.52. The molecule has 0 aromatic heterocycles. The van der Waals surface area contributed by atoms with Gasteiger partial charge in [-0.05, 0) is 38.6 Å². The second-order valence-corrected chi connectivity index (χ2v) is 4.99. The van der Waals surface area contributed by atoms with Gasteiger partial charge in [0.1, 0.15) is 0 Å². The molecule has 17 heavy (non-hydrogen) atoms. The Labute approximate surface area is 105 Å². The lowest BCUT2D eigenvalue weighted by molar-refractivity contribution is 0.268. The van der Waals surface area contributed by atoms with E-state index in [0.29, 0.717) is 6.61 Å². The number of unbranched alkanes of at least 4 members (excludes halogenated alkanes) is 2. The zero-order valence-electron chi connectivity index (χ0n) is 10.9. The molecule has 1 aliphatic carbocycles. The van der Waals surface area contributed by atoms with Crippen LogP contribution in [0.5, 0.6) is 0 Å². The molecule has 0 aromatic rings. The molecule has 3 heteroatoms. The molecular weight excluding hydrogens is 214 g/mol. The Morgan fingerprint density at radius 1 is 1.00 bits per heavy atom. The lowest BCUT2D eigenvalue weighted by Gasteiger charge is -2.21. The maximum absolute atomic E-state index is 9.80. The van der Waals surface area contributed by atoms with Gasteiger partial charge in [0, 0.05) is 6.04 Å². The Hall–Kier alpha value is -0.570. The topological polar surface area (TPSA) is 38.3 Å². The first-order valence-electron chi connectivity index (χ1n) is 7.16. The van der Waals surface area contributed by atoms with Crippen LogP contribution in [0.3, 0.4) is 0 Å². The minimum atomic E-state index is 0.521. The second kappa shape index (κ2) is 10.6. The van der Waals surface area contributed by atoms with Crippen LogP contribution >= 0.6 is 0 Å². The van der Waals surface area contributed by atoms with E-state index in [1.807, 2.05) is 0 Å². The van der Waals surface area contributed by atoms with E-state index in [4.69, 9.17) is 0 Å². The molecule has 99 valence electrons. The molecule has 0 heterocycles. The summed E-state index contributed by atoms with van der Waals surface area (Å²) in [6.45, 7) is 3.08. The van der Waals surface area contributed by atoms with Crippen LogP contribution in [0.25, 0.3) is 0 Å². The standard InChI is InChI=1S/C14H26NO2/c16-13-17-12-8-4-7-11-15-14-9-5-2-1-3-6-10-14/h14-15H,1-12H2. The average Bonchev–Trinajstić information content (AvgIpc) is 2.30. The molecule has 0 saturated heterocycles. The SMILES string of the molecule is O=[C]OCCCCCNC1CCCCCCC1. The van der Waals surface area contributed by atoms with Crippen LogP contribution in [0.15, 0.2) is 0 Å². The fourth-order valence-corrected chi connectivity index (χ4v) is 2.48. The minimum absolute atomic E-state index is 0.521. The Morgan fingerprint density at radius 2 is 1.71 bits per heavy atom. The van der Waals surface area contributed by atoms with Crippen LogP contribution in [0.2, 0.25) is 0 Å². The highest BCUT2D eigenvalue weighted by molar-refractivity contribution is 5.37. The van der Waals surface area contributed by atoms with E-state index in [-0.39, 0.29) is 0 Å². The van der Waals surface area contributed by atoms with Gasteiger partial charge in [-0.1, -0.05) is 32.1 Å². The number of hydrogen-bond donors (Lipinski definition) is 1. The van der Waals surface area contributed by atoms with E-state index in [1.54, 1.807) is 0 Å². The Bertz CT molecular complexity index is 177. The van der Waals surface area contributed by atoms with Gasteiger partial charge in [-0.3, -0.25) is 0 Å². The first-order chi connectivity index (χ1) is 8.43. The van der Waals surface area contributed by atoms with Gasteiger partial charge in [-0.2, -0.15) is 0 Å². The monoisotopic (exact) mass is 240 g/mol. The predicted octanol–water partition coefficient (Wildman–Crippen LogP) is 2.94. The fourth-order valence-electron chi connectivity index (χ4n) is 2.48. The first-order valence-corrected chi connectivity index (χ1v) is 7.16. The molecule has 0 aromatic carbocycles. The number of nitrogens with one attached hydrogen (secondary N) is 1. The number of hydrogen-bond acceptors (Lipinski definition) is 3. The van der Waals surface area contributed by atoms with Crippen LogP contribution in [-0.2, 0) is 9.53 Å². The van der Waals surface area contributed by atoms with Crippen LogP contribution in [-0.4, -0.2) is 25.7 Å². The summed E-state index contributed by atoms with van der Waals surface area (Å²) in [7, 11) is 0. The number of ether oxygens (including phenoxy) is 1. The molecule has 0 spiro atoms. The molecule has 1 saturated carbocycles. The summed E-state index contributed by atoms with van der Waals surface area (Å²) in [5.74, 6) is 0. The van der Waals surface area contributed by atoms with Crippen molar-refractivity contribution in [1.29, 1.82) is 0 Å². The van der Waals surface area contributed by atoms with Gasteiger partial charge >= 0.3 is 6.47 Å². The lowest BCUT2D eigenvalue weighted by Crippen LogP contribution is -2.30. The molecule has 1 radical (unpaired) electrons. The van der Waals surface area contributed by atoms with E-state index < -0.39 is 0 Å². The summed E-state index contributed by atoms with van der Waals surface area (Å²) < 4.78 is 4.53. The summed E-state index contributed by atoms with van der Waals surface area (Å²) in [4.78, 5) is 9.80. The molecule has 3 nitrogen and oxygen atoms in total. The highest BCUT2D eigenvalue weighted by Gasteiger charge is 2.09. The smallest absolute Gasteiger partial charge is 0.417 e. The average molecular weight is 240 g/mol. The highest BCUT2D eigenvalue weighted by Crippen LogP contribution is 2.17. The number of rotatable bonds is 8. The Balaban J connectivity index is 1.91. The minimum Gasteiger partial charge on any atom is -0.457 e. The summed E-state index contributed by atoms with van der Waals surface area (Å²) in [5.41, 5.74) is 0. The highest BCUT2D eigenvalue weighted by atomic mass is 16.5. The Kier molecular flexibility index (Phi) is 9.01. The van der Waals surface area contributed by atoms with Crippen molar-refractivity contribution in [1.82, 2.24) is 5.32 Å². The molecular formula is C14H26NO2. The van der Waals surface area contributed by atoms with E-state index in [0.717, 1.165) is 25.4 Å². The predicted molar refractivity (Wildman–Crippen MR) is 69.6 cm³/mol. The van der Waals surface area contributed by atoms with Gasteiger partial charge in [-0.15, -0.1) is 0 Å². The maximum Gasteiger partial charge on any atom is 0.417 e. The van der Waals surface area contributed by atoms with Gasteiger partial charge < -0.3 is 10.1 Å². The maximum atomic E-state index is 9.80. The van der Waals surface area contributed by atoms with Crippen molar-refractivity contribution in [3.05, 3.63) is 0 Å². The van der Waals surface area contributed by atoms with E-state index >= 15 is 0 Å². The first kappa shape index (κ1) is 14.5. The summed E-state index contributed by atoms with van der Waals surface area (Å²) >= 11 is 0. The van der Waals surface area contributed by atoms with E-state index in [9.17, 15) is 4.79 Å². The molecule has 1 N–H and O–H groups in total. The third kappa shape index (κ3) is 8.19. The van der Waals surface area contributed by atoms with E-state index in [1.165, 1.54) is 57.8 Å². The lowest BCUT2D eigenvalue weighted by atomic mass is 9.96. The van der Waals surface area contributed by atoms with Crippen LogP contribution < -0.4 is 5.32 Å². The molecule has 0 atom stereocenters. The van der Waals surface area contributed by atoms with Gasteiger partial charge in [-0.25, -0.2) is 4.79 Å². The summed E-state index contributed by atoms with van der Waals surface area (Å²) in [6.07, 6.45) is 13.0. The van der Waals surface area contributed by atoms with Gasteiger partial charge in [0.15, 0.2) is 0 Å². The van der Waals surface area contributed by atoms with Crippen molar-refractivity contribution < 1.29 is 9.53 Å².